The third-order valence-corrected chi connectivity index (χ3v) is 2.82. The zero-order valence-electron chi connectivity index (χ0n) is 11.9. The maximum absolute atomic E-state index is 13.8. The molecule has 0 amide bonds. The van der Waals surface area contributed by atoms with E-state index in [1.165, 1.54) is 6.07 Å². The maximum atomic E-state index is 13.8. The first kappa shape index (κ1) is 14.2. The number of ether oxygens (including phenoxy) is 1. The van der Waals surface area contributed by atoms with E-state index < -0.39 is 0 Å². The average molecular weight is 274 g/mol. The van der Waals surface area contributed by atoms with Crippen molar-refractivity contribution in [3.8, 4) is 5.75 Å². The zero-order valence-corrected chi connectivity index (χ0v) is 11.9. The van der Waals surface area contributed by atoms with Gasteiger partial charge in [0.05, 0.1) is 23.2 Å². The Morgan fingerprint density at radius 2 is 1.90 bits per heavy atom. The number of hydrogen-bond donors (Lipinski definition) is 2. The lowest BCUT2D eigenvalue weighted by Crippen LogP contribution is -2.08. The first-order valence-corrected chi connectivity index (χ1v) is 6.55. The fourth-order valence-corrected chi connectivity index (χ4v) is 1.89. The Morgan fingerprint density at radius 3 is 2.60 bits per heavy atom. The van der Waals surface area contributed by atoms with Gasteiger partial charge in [-0.3, -0.25) is 0 Å². The molecule has 0 bridgehead atoms. The van der Waals surface area contributed by atoms with Crippen molar-refractivity contribution in [2.45, 2.75) is 26.9 Å². The molecular formula is C16H19FN2O. The Balaban J connectivity index is 2.32. The summed E-state index contributed by atoms with van der Waals surface area (Å²) in [7, 11) is 0. The second kappa shape index (κ2) is 5.82. The summed E-state index contributed by atoms with van der Waals surface area (Å²) >= 11 is 0. The molecule has 20 heavy (non-hydrogen) atoms. The van der Waals surface area contributed by atoms with E-state index >= 15 is 0 Å². The van der Waals surface area contributed by atoms with E-state index in [1.807, 2.05) is 26.8 Å². The quantitative estimate of drug-likeness (QED) is 0.819. The van der Waals surface area contributed by atoms with Crippen LogP contribution in [0.4, 0.5) is 21.5 Å². The van der Waals surface area contributed by atoms with Crippen LogP contribution >= 0.6 is 0 Å². The molecule has 0 aromatic heterocycles. The number of para-hydroxylation sites is 1. The molecule has 0 saturated heterocycles. The second-order valence-electron chi connectivity index (χ2n) is 4.99. The van der Waals surface area contributed by atoms with E-state index in [1.54, 1.807) is 24.3 Å². The summed E-state index contributed by atoms with van der Waals surface area (Å²) in [6.07, 6.45) is 0.0308. The van der Waals surface area contributed by atoms with Gasteiger partial charge in [-0.2, -0.15) is 0 Å². The Kier molecular flexibility index (Phi) is 4.13. The number of nitrogen functional groups attached to an aromatic ring is 1. The molecule has 2 aromatic rings. The summed E-state index contributed by atoms with van der Waals surface area (Å²) in [4.78, 5) is 0. The highest BCUT2D eigenvalue weighted by atomic mass is 19.1. The second-order valence-corrected chi connectivity index (χ2v) is 4.99. The minimum absolute atomic E-state index is 0.0308. The summed E-state index contributed by atoms with van der Waals surface area (Å²) in [5.41, 5.74) is 8.54. The number of aryl methyl sites for hydroxylation is 1. The molecule has 0 saturated carbocycles. The molecular weight excluding hydrogens is 255 g/mol. The van der Waals surface area contributed by atoms with Gasteiger partial charge in [-0.25, -0.2) is 4.39 Å². The summed E-state index contributed by atoms with van der Waals surface area (Å²) in [6.45, 7) is 5.77. The van der Waals surface area contributed by atoms with Crippen LogP contribution in [-0.4, -0.2) is 6.10 Å². The minimum Gasteiger partial charge on any atom is -0.489 e. The van der Waals surface area contributed by atoms with Crippen LogP contribution in [0.2, 0.25) is 0 Å². The van der Waals surface area contributed by atoms with E-state index in [0.717, 1.165) is 5.56 Å². The van der Waals surface area contributed by atoms with Crippen molar-refractivity contribution < 1.29 is 9.13 Å². The van der Waals surface area contributed by atoms with Crippen LogP contribution in [-0.2, 0) is 0 Å². The highest BCUT2D eigenvalue weighted by molar-refractivity contribution is 5.77. The molecule has 3 N–H and O–H groups in total. The highest BCUT2D eigenvalue weighted by Crippen LogP contribution is 2.33. The van der Waals surface area contributed by atoms with Crippen LogP contribution in [0, 0.1) is 12.7 Å². The first-order valence-electron chi connectivity index (χ1n) is 6.55. The topological polar surface area (TPSA) is 47.3 Å². The van der Waals surface area contributed by atoms with Crippen LogP contribution in [0.25, 0.3) is 0 Å². The molecule has 0 aliphatic rings. The van der Waals surface area contributed by atoms with Gasteiger partial charge in [-0.05, 0) is 50.6 Å². The van der Waals surface area contributed by atoms with Gasteiger partial charge in [-0.1, -0.05) is 12.1 Å². The van der Waals surface area contributed by atoms with E-state index in [-0.39, 0.29) is 11.9 Å². The Hall–Kier alpha value is -2.23. The standard InChI is InChI=1S/C16H19FN2O/c1-10(2)20-15-6-4-5-13(16(15)18)19-14-9-11(3)7-8-12(14)17/h4-10,19H,18H2,1-3H3. The molecule has 106 valence electrons. The molecule has 0 fully saturated rings. The predicted octanol–water partition coefficient (Wildman–Crippen LogP) is 4.25. The third-order valence-electron chi connectivity index (χ3n) is 2.82. The SMILES string of the molecule is Cc1ccc(F)c(Nc2cccc(OC(C)C)c2N)c1. The van der Waals surface area contributed by atoms with Gasteiger partial charge in [0.1, 0.15) is 11.6 Å². The van der Waals surface area contributed by atoms with Crippen molar-refractivity contribution in [1.82, 2.24) is 0 Å². The normalized spacial score (nSPS) is 10.7. The smallest absolute Gasteiger partial charge is 0.146 e. The van der Waals surface area contributed by atoms with Gasteiger partial charge in [0.2, 0.25) is 0 Å². The number of hydrogen-bond acceptors (Lipinski definition) is 3. The van der Waals surface area contributed by atoms with Gasteiger partial charge in [-0.15, -0.1) is 0 Å². The molecule has 2 aromatic carbocycles. The monoisotopic (exact) mass is 274 g/mol. The number of nitrogens with two attached hydrogens (primary N) is 1. The van der Waals surface area contributed by atoms with Crippen molar-refractivity contribution in [3.63, 3.8) is 0 Å². The molecule has 0 spiro atoms. The van der Waals surface area contributed by atoms with Crippen LogP contribution in [0.5, 0.6) is 5.75 Å². The number of halogens is 1. The van der Waals surface area contributed by atoms with E-state index in [9.17, 15) is 4.39 Å². The van der Waals surface area contributed by atoms with Crippen LogP contribution in [0.3, 0.4) is 0 Å². The predicted molar refractivity (Wildman–Crippen MR) is 81.0 cm³/mol. The highest BCUT2D eigenvalue weighted by Gasteiger charge is 2.09. The fourth-order valence-electron chi connectivity index (χ4n) is 1.89. The van der Waals surface area contributed by atoms with Crippen molar-refractivity contribution in [2.24, 2.45) is 0 Å². The molecule has 0 atom stereocenters. The molecule has 0 unspecified atom stereocenters. The van der Waals surface area contributed by atoms with Crippen LogP contribution < -0.4 is 15.8 Å². The molecule has 0 aliphatic heterocycles. The van der Waals surface area contributed by atoms with Gasteiger partial charge in [0.15, 0.2) is 0 Å². The van der Waals surface area contributed by atoms with Gasteiger partial charge >= 0.3 is 0 Å². The maximum Gasteiger partial charge on any atom is 0.146 e. The van der Waals surface area contributed by atoms with Crippen molar-refractivity contribution in [2.75, 3.05) is 11.1 Å². The Bertz CT molecular complexity index is 611. The lowest BCUT2D eigenvalue weighted by atomic mass is 10.2. The zero-order chi connectivity index (χ0) is 14.7. The number of anilines is 3. The van der Waals surface area contributed by atoms with Crippen molar-refractivity contribution in [1.29, 1.82) is 0 Å². The van der Waals surface area contributed by atoms with Gasteiger partial charge in [0, 0.05) is 0 Å². The molecule has 3 nitrogen and oxygen atoms in total. The van der Waals surface area contributed by atoms with Gasteiger partial charge < -0.3 is 15.8 Å². The lowest BCUT2D eigenvalue weighted by Gasteiger charge is -2.16. The largest absolute Gasteiger partial charge is 0.489 e. The fraction of sp³-hybridized carbons (Fsp3) is 0.250. The summed E-state index contributed by atoms with van der Waals surface area (Å²) in [6, 6.07) is 10.3. The van der Waals surface area contributed by atoms with E-state index in [4.69, 9.17) is 10.5 Å². The van der Waals surface area contributed by atoms with E-state index in [0.29, 0.717) is 22.8 Å². The van der Waals surface area contributed by atoms with E-state index in [2.05, 4.69) is 5.32 Å². The summed E-state index contributed by atoms with van der Waals surface area (Å²) in [5.74, 6) is 0.281. The number of nitrogens with one attached hydrogen (secondary N) is 1. The Morgan fingerprint density at radius 1 is 1.15 bits per heavy atom. The number of benzene rings is 2. The molecule has 0 aliphatic carbocycles. The van der Waals surface area contributed by atoms with Crippen LogP contribution in [0.1, 0.15) is 19.4 Å². The van der Waals surface area contributed by atoms with Gasteiger partial charge in [0.25, 0.3) is 0 Å². The minimum atomic E-state index is -0.315. The first-order chi connectivity index (χ1) is 9.47. The molecule has 0 radical (unpaired) electrons. The molecule has 0 heterocycles. The number of rotatable bonds is 4. The lowest BCUT2D eigenvalue weighted by molar-refractivity contribution is 0.244. The summed E-state index contributed by atoms with van der Waals surface area (Å²) in [5, 5.41) is 3.01. The van der Waals surface area contributed by atoms with Crippen LogP contribution in [0.15, 0.2) is 36.4 Å². The van der Waals surface area contributed by atoms with Crippen molar-refractivity contribution >= 4 is 17.1 Å². The Labute approximate surface area is 118 Å². The third kappa shape index (κ3) is 3.20. The molecule has 4 heteroatoms. The average Bonchev–Trinajstić information content (AvgIpc) is 2.38. The molecule has 2 rings (SSSR count). The van der Waals surface area contributed by atoms with Crippen molar-refractivity contribution in [3.05, 3.63) is 47.8 Å². The summed E-state index contributed by atoms with van der Waals surface area (Å²) < 4.78 is 19.4.